The number of rotatable bonds is 12. The van der Waals surface area contributed by atoms with Crippen molar-refractivity contribution < 1.29 is 37.8 Å². The Kier molecular flexibility index (Phi) is 17.5. The molecule has 0 aliphatic rings. The number of hydrogen-bond donors (Lipinski definition) is 2. The summed E-state index contributed by atoms with van der Waals surface area (Å²) in [6, 6.07) is 1.12. The van der Waals surface area contributed by atoms with Crippen LogP contribution in [0.15, 0.2) is 17.3 Å². The third-order valence-electron chi connectivity index (χ3n) is 3.67. The second-order valence-electron chi connectivity index (χ2n) is 7.09. The van der Waals surface area contributed by atoms with Crippen molar-refractivity contribution in [2.24, 2.45) is 0 Å². The highest BCUT2D eigenvalue weighted by molar-refractivity contribution is 7.98. The average Bonchev–Trinajstić information content (AvgIpc) is 2.79. The molecule has 0 aliphatic carbocycles. The van der Waals surface area contributed by atoms with Gasteiger partial charge in [-0.05, 0) is 6.26 Å². The maximum Gasteiger partial charge on any atom is 0.472 e. The van der Waals surface area contributed by atoms with E-state index in [4.69, 9.17) is 20.6 Å². The number of aliphatic hydroxyl groups excluding tert-OH is 1. The molecule has 0 aliphatic heterocycles. The summed E-state index contributed by atoms with van der Waals surface area (Å²) >= 11 is 1.08. The Morgan fingerprint density at radius 3 is 2.35 bits per heavy atom. The van der Waals surface area contributed by atoms with Gasteiger partial charge in [0.05, 0.1) is 44.8 Å². The van der Waals surface area contributed by atoms with Crippen LogP contribution < -0.4 is 0 Å². The molecule has 1 aromatic rings. The molecule has 12 nitrogen and oxygen atoms in total. The minimum atomic E-state index is -4.29. The zero-order valence-electron chi connectivity index (χ0n) is 20.8. The van der Waals surface area contributed by atoms with E-state index in [2.05, 4.69) is 10.9 Å². The third kappa shape index (κ3) is 13.6. The summed E-state index contributed by atoms with van der Waals surface area (Å²) < 4.78 is 22.3. The minimum absolute atomic E-state index is 0.0153. The Morgan fingerprint density at radius 2 is 1.88 bits per heavy atom. The molecular weight excluding hydrogens is 487 g/mol. The fourth-order valence-corrected chi connectivity index (χ4v) is 3.32. The summed E-state index contributed by atoms with van der Waals surface area (Å²) in [5, 5.41) is 18.4. The van der Waals surface area contributed by atoms with Crippen LogP contribution in [0.1, 0.15) is 24.2 Å². The topological polar surface area (TPSA) is 152 Å². The Labute approximate surface area is 205 Å². The highest BCUT2D eigenvalue weighted by Crippen LogP contribution is 2.42. The molecule has 0 aromatic carbocycles. The summed E-state index contributed by atoms with van der Waals surface area (Å²) in [6.45, 7) is 3.95. The van der Waals surface area contributed by atoms with Crippen LogP contribution in [0.5, 0.6) is 0 Å². The van der Waals surface area contributed by atoms with E-state index in [1.807, 2.05) is 35.0 Å². The van der Waals surface area contributed by atoms with Crippen molar-refractivity contribution in [3.8, 4) is 12.3 Å². The van der Waals surface area contributed by atoms with E-state index in [0.717, 1.165) is 29.8 Å². The molecule has 1 rings (SSSR count). The normalized spacial score (nSPS) is 12.1. The molecule has 1 heterocycles. The van der Waals surface area contributed by atoms with Crippen LogP contribution >= 0.6 is 19.6 Å². The predicted octanol–water partition coefficient (Wildman–Crippen LogP) is 2.26. The predicted molar refractivity (Wildman–Crippen MR) is 132 cm³/mol. The fourth-order valence-electron chi connectivity index (χ4n) is 2.12. The SMILES string of the molecule is C#CCN(CCOP(=O)(O)OCC[N+](C)(C)C)C(=O)c1cnc(SC)c([N+](=O)[O-])c1.CC.CO. The van der Waals surface area contributed by atoms with E-state index in [1.165, 1.54) is 6.20 Å². The van der Waals surface area contributed by atoms with E-state index in [1.54, 1.807) is 6.26 Å². The largest absolute Gasteiger partial charge is 0.472 e. The van der Waals surface area contributed by atoms with Crippen molar-refractivity contribution in [1.82, 2.24) is 9.88 Å². The Balaban J connectivity index is 0. The number of phosphoric acid groups is 1. The number of likely N-dealkylation sites (N-methyl/N-ethyl adjacent to an activating group) is 1. The quantitative estimate of drug-likeness (QED) is 0.104. The molecule has 1 amide bonds. The van der Waals surface area contributed by atoms with Gasteiger partial charge in [-0.2, -0.15) is 0 Å². The lowest BCUT2D eigenvalue weighted by molar-refractivity contribution is -0.870. The molecular formula is C20H36N4O8PS+. The molecule has 1 atom stereocenters. The summed E-state index contributed by atoms with van der Waals surface area (Å²) in [7, 11) is 2.42. The van der Waals surface area contributed by atoms with Crippen LogP contribution in [-0.2, 0) is 13.6 Å². The van der Waals surface area contributed by atoms with Gasteiger partial charge in [0, 0.05) is 25.9 Å². The first-order chi connectivity index (χ1) is 15.9. The van der Waals surface area contributed by atoms with Crippen molar-refractivity contribution in [3.63, 3.8) is 0 Å². The van der Waals surface area contributed by atoms with Crippen LogP contribution in [0.4, 0.5) is 5.69 Å². The van der Waals surface area contributed by atoms with Crippen molar-refractivity contribution in [3.05, 3.63) is 27.9 Å². The highest BCUT2D eigenvalue weighted by atomic mass is 32.2. The molecule has 14 heteroatoms. The van der Waals surface area contributed by atoms with Gasteiger partial charge in [0.15, 0.2) is 5.03 Å². The molecule has 0 bridgehead atoms. The fraction of sp³-hybridized carbons (Fsp3) is 0.600. The lowest BCUT2D eigenvalue weighted by Crippen LogP contribution is -2.37. The number of aliphatic hydroxyl groups is 1. The summed E-state index contributed by atoms with van der Waals surface area (Å²) in [4.78, 5) is 38.1. The van der Waals surface area contributed by atoms with Gasteiger partial charge in [-0.15, -0.1) is 18.2 Å². The molecule has 194 valence electrons. The van der Waals surface area contributed by atoms with Crippen LogP contribution in [0.25, 0.3) is 0 Å². The summed E-state index contributed by atoms with van der Waals surface area (Å²) in [5.74, 6) is 1.69. The van der Waals surface area contributed by atoms with Gasteiger partial charge < -0.3 is 19.4 Å². The van der Waals surface area contributed by atoms with Crippen molar-refractivity contribution >= 4 is 31.2 Å². The highest BCUT2D eigenvalue weighted by Gasteiger charge is 2.25. The summed E-state index contributed by atoms with van der Waals surface area (Å²) in [5.41, 5.74) is -0.322. The number of carbonyl (C=O) groups excluding carboxylic acids is 1. The molecule has 2 N–H and O–H groups in total. The number of hydrogen-bond acceptors (Lipinski definition) is 9. The maximum atomic E-state index is 12.7. The Morgan fingerprint density at radius 1 is 1.32 bits per heavy atom. The lowest BCUT2D eigenvalue weighted by atomic mass is 10.2. The van der Waals surface area contributed by atoms with Crippen LogP contribution in [0.2, 0.25) is 0 Å². The van der Waals surface area contributed by atoms with Crippen LogP contribution in [-0.4, -0.2) is 103 Å². The van der Waals surface area contributed by atoms with Crippen LogP contribution in [0, 0.1) is 22.5 Å². The van der Waals surface area contributed by atoms with E-state index in [9.17, 15) is 24.4 Å². The monoisotopic (exact) mass is 523 g/mol. The number of thioether (sulfide) groups is 1. The molecule has 0 radical (unpaired) electrons. The number of quaternary nitrogens is 1. The number of terminal acetylenes is 1. The number of carbonyl (C=O) groups is 1. The third-order valence-corrected chi connectivity index (χ3v) is 5.39. The van der Waals surface area contributed by atoms with E-state index >= 15 is 0 Å². The molecule has 0 fully saturated rings. The zero-order valence-corrected chi connectivity index (χ0v) is 22.5. The molecule has 1 aromatic heterocycles. The van der Waals surface area contributed by atoms with Gasteiger partial charge in [-0.3, -0.25) is 24.0 Å². The molecule has 34 heavy (non-hydrogen) atoms. The van der Waals surface area contributed by atoms with Crippen molar-refractivity contribution in [1.29, 1.82) is 0 Å². The molecule has 0 saturated heterocycles. The number of nitrogens with zero attached hydrogens (tertiary/aromatic N) is 4. The molecule has 0 spiro atoms. The Hall–Kier alpha value is -2.04. The second-order valence-corrected chi connectivity index (χ2v) is 9.34. The first-order valence-corrected chi connectivity index (χ1v) is 12.9. The lowest BCUT2D eigenvalue weighted by Gasteiger charge is -2.24. The second kappa shape index (κ2) is 17.4. The van der Waals surface area contributed by atoms with Gasteiger partial charge in [0.25, 0.3) is 5.91 Å². The van der Waals surface area contributed by atoms with Gasteiger partial charge >= 0.3 is 13.5 Å². The van der Waals surface area contributed by atoms with Crippen LogP contribution in [0.3, 0.4) is 0 Å². The van der Waals surface area contributed by atoms with E-state index in [0.29, 0.717) is 11.0 Å². The van der Waals surface area contributed by atoms with E-state index in [-0.39, 0.29) is 42.6 Å². The smallest absolute Gasteiger partial charge is 0.400 e. The van der Waals surface area contributed by atoms with Gasteiger partial charge in [-0.25, -0.2) is 9.55 Å². The Bertz CT molecular complexity index is 858. The molecule has 0 saturated carbocycles. The standard InChI is InChI=1S/C17H25N4O7PS.C2H6.CH4O/c1-6-7-19(8-10-27-29(25,26)28-11-9-21(2,3)4)17(22)14-12-15(20(23)24)16(30-5)18-13-14;2*1-2/h1,12-13H,7-11H2,2-5H3;1-2H3;2H,1H3/p+1. The zero-order chi connectivity index (χ0) is 26.9. The minimum Gasteiger partial charge on any atom is -0.400 e. The molecule has 1 unspecified atom stereocenters. The average molecular weight is 524 g/mol. The number of pyridine rings is 1. The first-order valence-electron chi connectivity index (χ1n) is 10.2. The number of aromatic nitrogens is 1. The number of phosphoric ester groups is 1. The first kappa shape index (κ1) is 34.1. The van der Waals surface area contributed by atoms with Gasteiger partial charge in [0.2, 0.25) is 0 Å². The van der Waals surface area contributed by atoms with Gasteiger partial charge in [-0.1, -0.05) is 19.8 Å². The van der Waals surface area contributed by atoms with Crippen molar-refractivity contribution in [2.75, 3.05) is 67.4 Å². The maximum absolute atomic E-state index is 12.7. The number of amides is 1. The number of nitro groups is 1. The van der Waals surface area contributed by atoms with E-state index < -0.39 is 18.7 Å². The van der Waals surface area contributed by atoms with Crippen molar-refractivity contribution in [2.45, 2.75) is 18.9 Å². The summed E-state index contributed by atoms with van der Waals surface area (Å²) in [6.07, 6.45) is 8.14. The van der Waals surface area contributed by atoms with Gasteiger partial charge in [0.1, 0.15) is 13.2 Å².